The van der Waals surface area contributed by atoms with Gasteiger partial charge in [0, 0.05) is 17.8 Å². The van der Waals surface area contributed by atoms with Crippen molar-refractivity contribution in [1.82, 2.24) is 10.6 Å². The number of nitrogens with one attached hydrogen (secondary N) is 3. The topological polar surface area (TPSA) is 71.6 Å². The van der Waals surface area contributed by atoms with Crippen LogP contribution in [0.1, 0.15) is 52.9 Å². The Hall–Kier alpha value is -2.02. The second-order valence-corrected chi connectivity index (χ2v) is 8.15. The molecule has 0 saturated heterocycles. The van der Waals surface area contributed by atoms with E-state index in [1.807, 2.05) is 45.0 Å². The van der Waals surface area contributed by atoms with Gasteiger partial charge in [-0.1, -0.05) is 25.3 Å². The monoisotopic (exact) mass is 393 g/mol. The number of hydrogen-bond acceptors (Lipinski definition) is 4. The molecule has 150 valence electrons. The van der Waals surface area contributed by atoms with Crippen LogP contribution in [0.4, 0.5) is 10.5 Å². The predicted molar refractivity (Wildman–Crippen MR) is 112 cm³/mol. The number of amides is 1. The molecule has 0 spiro atoms. The largest absolute Gasteiger partial charge is 0.492 e. The van der Waals surface area contributed by atoms with E-state index in [1.165, 1.54) is 32.1 Å². The van der Waals surface area contributed by atoms with Gasteiger partial charge in [0.25, 0.3) is 0 Å². The van der Waals surface area contributed by atoms with Gasteiger partial charge in [0.1, 0.15) is 18.0 Å². The van der Waals surface area contributed by atoms with Gasteiger partial charge in [-0.3, -0.25) is 0 Å². The van der Waals surface area contributed by atoms with Crippen molar-refractivity contribution >= 4 is 29.1 Å². The van der Waals surface area contributed by atoms with E-state index in [1.54, 1.807) is 0 Å². The van der Waals surface area contributed by atoms with Crippen molar-refractivity contribution in [2.45, 2.75) is 64.5 Å². The molecule has 0 aliphatic heterocycles. The second-order valence-electron chi connectivity index (χ2n) is 7.74. The summed E-state index contributed by atoms with van der Waals surface area (Å²) in [6.07, 6.45) is 5.76. The van der Waals surface area contributed by atoms with E-state index in [4.69, 9.17) is 21.7 Å². The third-order valence-electron chi connectivity index (χ3n) is 4.07. The lowest BCUT2D eigenvalue weighted by atomic mass is 9.96. The summed E-state index contributed by atoms with van der Waals surface area (Å²) in [6.45, 7) is 6.21. The van der Waals surface area contributed by atoms with Crippen LogP contribution in [0, 0.1) is 0 Å². The van der Waals surface area contributed by atoms with Crippen molar-refractivity contribution in [1.29, 1.82) is 0 Å². The Labute approximate surface area is 167 Å². The van der Waals surface area contributed by atoms with Gasteiger partial charge in [0.2, 0.25) is 0 Å². The van der Waals surface area contributed by atoms with E-state index in [0.717, 1.165) is 5.69 Å². The molecule has 1 amide bonds. The zero-order valence-electron chi connectivity index (χ0n) is 16.5. The first-order valence-electron chi connectivity index (χ1n) is 9.59. The molecule has 27 heavy (non-hydrogen) atoms. The van der Waals surface area contributed by atoms with Crippen LogP contribution in [-0.4, -0.2) is 36.0 Å². The van der Waals surface area contributed by atoms with Gasteiger partial charge in [-0.2, -0.15) is 0 Å². The molecule has 0 heterocycles. The number of rotatable bonds is 6. The summed E-state index contributed by atoms with van der Waals surface area (Å²) in [5, 5.41) is 9.92. The molecule has 0 bridgehead atoms. The molecule has 6 nitrogen and oxygen atoms in total. The van der Waals surface area contributed by atoms with Gasteiger partial charge < -0.3 is 25.4 Å². The van der Waals surface area contributed by atoms with Gasteiger partial charge in [0.15, 0.2) is 5.11 Å². The molecule has 3 N–H and O–H groups in total. The number of carbonyl (C=O) groups is 1. The van der Waals surface area contributed by atoms with Gasteiger partial charge in [-0.15, -0.1) is 0 Å². The fourth-order valence-corrected chi connectivity index (χ4v) is 3.18. The van der Waals surface area contributed by atoms with E-state index >= 15 is 0 Å². The second kappa shape index (κ2) is 10.3. The smallest absolute Gasteiger partial charge is 0.407 e. The summed E-state index contributed by atoms with van der Waals surface area (Å²) in [5.41, 5.74) is 0.371. The fourth-order valence-electron chi connectivity index (χ4n) is 2.90. The van der Waals surface area contributed by atoms with Crippen molar-refractivity contribution in [2.24, 2.45) is 0 Å². The number of carbonyl (C=O) groups excluding carboxylic acids is 1. The summed E-state index contributed by atoms with van der Waals surface area (Å²) in [6, 6.07) is 8.08. The van der Waals surface area contributed by atoms with Crippen molar-refractivity contribution in [2.75, 3.05) is 18.5 Å². The highest BCUT2D eigenvalue weighted by Gasteiger charge is 2.16. The first kappa shape index (κ1) is 21.3. The summed E-state index contributed by atoms with van der Waals surface area (Å²) in [4.78, 5) is 11.6. The van der Waals surface area contributed by atoms with Crippen LogP contribution in [0.5, 0.6) is 5.75 Å². The van der Waals surface area contributed by atoms with Crippen LogP contribution in [0.15, 0.2) is 24.3 Å². The summed E-state index contributed by atoms with van der Waals surface area (Å²) in [7, 11) is 0. The normalized spacial score (nSPS) is 14.9. The predicted octanol–water partition coefficient (Wildman–Crippen LogP) is 4.21. The first-order chi connectivity index (χ1) is 12.8. The Morgan fingerprint density at radius 2 is 1.96 bits per heavy atom. The average molecular weight is 394 g/mol. The molecule has 1 aliphatic carbocycles. The summed E-state index contributed by atoms with van der Waals surface area (Å²) < 4.78 is 10.9. The van der Waals surface area contributed by atoms with E-state index in [9.17, 15) is 4.79 Å². The molecule has 2 rings (SSSR count). The van der Waals surface area contributed by atoms with Gasteiger partial charge >= 0.3 is 6.09 Å². The minimum Gasteiger partial charge on any atom is -0.492 e. The van der Waals surface area contributed by atoms with E-state index in [-0.39, 0.29) is 0 Å². The molecule has 1 fully saturated rings. The molecular formula is C20H31N3O3S. The maximum absolute atomic E-state index is 11.6. The Morgan fingerprint density at radius 1 is 1.22 bits per heavy atom. The molecule has 1 saturated carbocycles. The highest BCUT2D eigenvalue weighted by atomic mass is 32.1. The first-order valence-corrected chi connectivity index (χ1v) is 10.00. The van der Waals surface area contributed by atoms with Gasteiger partial charge in [-0.25, -0.2) is 4.79 Å². The highest BCUT2D eigenvalue weighted by Crippen LogP contribution is 2.19. The Kier molecular flexibility index (Phi) is 8.16. The van der Waals surface area contributed by atoms with Crippen LogP contribution in [-0.2, 0) is 4.74 Å². The number of alkyl carbamates (subject to hydrolysis) is 1. The molecule has 0 aromatic heterocycles. The number of anilines is 1. The quantitative estimate of drug-likeness (QED) is 0.497. The maximum Gasteiger partial charge on any atom is 0.407 e. The van der Waals surface area contributed by atoms with E-state index in [2.05, 4.69) is 16.0 Å². The molecule has 1 aromatic carbocycles. The van der Waals surface area contributed by atoms with Crippen LogP contribution in [0.25, 0.3) is 0 Å². The van der Waals surface area contributed by atoms with Gasteiger partial charge in [-0.05, 0) is 58.0 Å². The van der Waals surface area contributed by atoms with E-state index in [0.29, 0.717) is 30.1 Å². The third kappa shape index (κ3) is 8.95. The Morgan fingerprint density at radius 3 is 2.67 bits per heavy atom. The van der Waals surface area contributed by atoms with Crippen LogP contribution in [0.3, 0.4) is 0 Å². The Balaban J connectivity index is 1.71. The van der Waals surface area contributed by atoms with Crippen molar-refractivity contribution in [3.05, 3.63) is 24.3 Å². The van der Waals surface area contributed by atoms with Crippen molar-refractivity contribution in [3.63, 3.8) is 0 Å². The SMILES string of the molecule is CC(C)(C)OC(=O)NCCOc1cccc(NC(=S)NC2CCCCC2)c1. The number of benzene rings is 1. The molecule has 0 atom stereocenters. The van der Waals surface area contributed by atoms with Crippen LogP contribution < -0.4 is 20.7 Å². The van der Waals surface area contributed by atoms with E-state index < -0.39 is 11.7 Å². The highest BCUT2D eigenvalue weighted by molar-refractivity contribution is 7.80. The number of hydrogen-bond donors (Lipinski definition) is 3. The fraction of sp³-hybridized carbons (Fsp3) is 0.600. The van der Waals surface area contributed by atoms with Crippen molar-refractivity contribution in [3.8, 4) is 5.75 Å². The molecule has 0 unspecified atom stereocenters. The molecule has 7 heteroatoms. The van der Waals surface area contributed by atoms with Crippen LogP contribution >= 0.6 is 12.2 Å². The standard InChI is InChI=1S/C20H31N3O3S/c1-20(2,3)26-19(24)21-12-13-25-17-11-7-10-16(14-17)23-18(27)22-15-8-5-4-6-9-15/h7,10-11,14-15H,4-6,8-9,12-13H2,1-3H3,(H,21,24)(H2,22,23,27). The minimum atomic E-state index is -0.505. The number of ether oxygens (including phenoxy) is 2. The van der Waals surface area contributed by atoms with Crippen LogP contribution in [0.2, 0.25) is 0 Å². The minimum absolute atomic E-state index is 0.355. The number of thiocarbonyl (C=S) groups is 1. The summed E-state index contributed by atoms with van der Waals surface area (Å²) >= 11 is 5.41. The van der Waals surface area contributed by atoms with Crippen molar-refractivity contribution < 1.29 is 14.3 Å². The molecule has 0 radical (unpaired) electrons. The zero-order chi connectivity index (χ0) is 19.7. The third-order valence-corrected chi connectivity index (χ3v) is 4.29. The Bertz CT molecular complexity index is 625. The molecule has 1 aromatic rings. The average Bonchev–Trinajstić information content (AvgIpc) is 2.58. The lowest BCUT2D eigenvalue weighted by molar-refractivity contribution is 0.0520. The molecule has 1 aliphatic rings. The lowest BCUT2D eigenvalue weighted by Crippen LogP contribution is -2.38. The van der Waals surface area contributed by atoms with Gasteiger partial charge in [0.05, 0.1) is 6.54 Å². The molecular weight excluding hydrogens is 362 g/mol. The lowest BCUT2D eigenvalue weighted by Gasteiger charge is -2.24. The zero-order valence-corrected chi connectivity index (χ0v) is 17.3. The maximum atomic E-state index is 11.6. The summed E-state index contributed by atoms with van der Waals surface area (Å²) in [5.74, 6) is 0.714.